The van der Waals surface area contributed by atoms with Crippen molar-refractivity contribution in [2.24, 2.45) is 0 Å². The van der Waals surface area contributed by atoms with Gasteiger partial charge in [0.2, 0.25) is 0 Å². The maximum Gasteiger partial charge on any atom is 0.304 e. The van der Waals surface area contributed by atoms with Gasteiger partial charge in [-0.05, 0) is 49.9 Å². The van der Waals surface area contributed by atoms with E-state index in [1.54, 1.807) is 11.8 Å². The van der Waals surface area contributed by atoms with E-state index in [1.165, 1.54) is 27.1 Å². The molecule has 1 N–H and O–H groups in total. The fourth-order valence-electron chi connectivity index (χ4n) is 1.64. The van der Waals surface area contributed by atoms with Crippen LogP contribution >= 0.6 is 11.8 Å². The molecule has 0 aromatic heterocycles. The van der Waals surface area contributed by atoms with Crippen molar-refractivity contribution in [3.8, 4) is 0 Å². The molecule has 0 bridgehead atoms. The number of benzene rings is 1. The predicted octanol–water partition coefficient (Wildman–Crippen LogP) is 3.49. The number of carboxylic acids is 1. The zero-order valence-corrected chi connectivity index (χ0v) is 11.1. The molecule has 0 saturated heterocycles. The van der Waals surface area contributed by atoms with Gasteiger partial charge >= 0.3 is 5.97 Å². The van der Waals surface area contributed by atoms with Crippen molar-refractivity contribution in [2.45, 2.75) is 39.0 Å². The first-order valence-electron chi connectivity index (χ1n) is 5.35. The maximum atomic E-state index is 10.5. The number of thioether (sulfide) groups is 1. The van der Waals surface area contributed by atoms with Crippen molar-refractivity contribution in [3.05, 3.63) is 28.3 Å². The van der Waals surface area contributed by atoms with Gasteiger partial charge in [0.25, 0.3) is 0 Å². The van der Waals surface area contributed by atoms with E-state index in [9.17, 15) is 4.79 Å². The van der Waals surface area contributed by atoms with Gasteiger partial charge in [0.15, 0.2) is 0 Å². The van der Waals surface area contributed by atoms with Crippen LogP contribution in [0.3, 0.4) is 0 Å². The molecule has 0 heterocycles. The van der Waals surface area contributed by atoms with Gasteiger partial charge in [-0.3, -0.25) is 4.79 Å². The molecule has 0 aliphatic rings. The first-order chi connectivity index (χ1) is 7.43. The Bertz CT molecular complexity index is 385. The zero-order valence-electron chi connectivity index (χ0n) is 10.3. The molecule has 2 nitrogen and oxygen atoms in total. The van der Waals surface area contributed by atoms with Crippen LogP contribution in [0, 0.1) is 27.7 Å². The molecule has 0 spiro atoms. The molecular weight excluding hydrogens is 220 g/mol. The summed E-state index contributed by atoms with van der Waals surface area (Å²) in [5.74, 6) is -0.0907. The van der Waals surface area contributed by atoms with E-state index in [2.05, 4.69) is 33.8 Å². The Labute approximate surface area is 101 Å². The minimum atomic E-state index is -0.729. The van der Waals surface area contributed by atoms with Gasteiger partial charge < -0.3 is 5.11 Å². The number of carbonyl (C=O) groups is 1. The highest BCUT2D eigenvalue weighted by molar-refractivity contribution is 7.99. The van der Waals surface area contributed by atoms with Gasteiger partial charge in [0.05, 0.1) is 6.42 Å². The summed E-state index contributed by atoms with van der Waals surface area (Å²) in [4.78, 5) is 11.7. The Morgan fingerprint density at radius 1 is 1.19 bits per heavy atom. The van der Waals surface area contributed by atoms with Crippen molar-refractivity contribution >= 4 is 17.7 Å². The Morgan fingerprint density at radius 3 is 2.12 bits per heavy atom. The molecule has 16 heavy (non-hydrogen) atoms. The molecule has 0 fully saturated rings. The second-order valence-corrected chi connectivity index (χ2v) is 5.19. The van der Waals surface area contributed by atoms with Crippen LogP contribution in [0.25, 0.3) is 0 Å². The van der Waals surface area contributed by atoms with Gasteiger partial charge in [-0.1, -0.05) is 6.07 Å². The van der Waals surface area contributed by atoms with Crippen molar-refractivity contribution in [2.75, 3.05) is 5.75 Å². The van der Waals surface area contributed by atoms with Crippen molar-refractivity contribution < 1.29 is 9.90 Å². The Kier molecular flexibility index (Phi) is 4.42. The molecule has 0 radical (unpaired) electrons. The first kappa shape index (κ1) is 13.1. The highest BCUT2D eigenvalue weighted by Gasteiger charge is 2.09. The summed E-state index contributed by atoms with van der Waals surface area (Å²) in [5, 5.41) is 8.63. The minimum absolute atomic E-state index is 0.219. The molecular formula is C13H18O2S. The van der Waals surface area contributed by atoms with Crippen molar-refractivity contribution in [3.63, 3.8) is 0 Å². The molecule has 0 saturated carbocycles. The van der Waals surface area contributed by atoms with Crippen LogP contribution in [0.1, 0.15) is 28.7 Å². The molecule has 0 aliphatic heterocycles. The summed E-state index contributed by atoms with van der Waals surface area (Å²) < 4.78 is 0. The Morgan fingerprint density at radius 2 is 1.69 bits per heavy atom. The molecule has 0 aliphatic carbocycles. The summed E-state index contributed by atoms with van der Waals surface area (Å²) in [7, 11) is 0. The lowest BCUT2D eigenvalue weighted by molar-refractivity contribution is -0.136. The van der Waals surface area contributed by atoms with E-state index < -0.39 is 5.97 Å². The van der Waals surface area contributed by atoms with Gasteiger partial charge in [-0.25, -0.2) is 0 Å². The van der Waals surface area contributed by atoms with Crippen molar-refractivity contribution in [1.82, 2.24) is 0 Å². The van der Waals surface area contributed by atoms with Crippen LogP contribution in [0.5, 0.6) is 0 Å². The summed E-state index contributed by atoms with van der Waals surface area (Å²) in [6.07, 6.45) is 0.219. The van der Waals surface area contributed by atoms with Crippen LogP contribution in [0.4, 0.5) is 0 Å². The third kappa shape index (κ3) is 3.01. The third-order valence-corrected chi connectivity index (χ3v) is 4.17. The number of carboxylic acid groups (broad SMARTS) is 1. The topological polar surface area (TPSA) is 37.3 Å². The summed E-state index contributed by atoms with van der Waals surface area (Å²) >= 11 is 1.65. The SMILES string of the molecule is Cc1cc(C)c(C)c(SCCC(=O)O)c1C. The maximum absolute atomic E-state index is 10.5. The van der Waals surface area contributed by atoms with Gasteiger partial charge in [-0.15, -0.1) is 11.8 Å². The van der Waals surface area contributed by atoms with E-state index in [0.717, 1.165) is 0 Å². The summed E-state index contributed by atoms with van der Waals surface area (Å²) in [5.41, 5.74) is 5.11. The molecule has 88 valence electrons. The normalized spacial score (nSPS) is 10.5. The largest absolute Gasteiger partial charge is 0.481 e. The number of rotatable bonds is 4. The first-order valence-corrected chi connectivity index (χ1v) is 6.34. The lowest BCUT2D eigenvalue weighted by Crippen LogP contribution is -1.98. The average molecular weight is 238 g/mol. The Balaban J connectivity index is 2.90. The zero-order chi connectivity index (χ0) is 12.3. The fraction of sp³-hybridized carbons (Fsp3) is 0.462. The van der Waals surface area contributed by atoms with Gasteiger partial charge in [-0.2, -0.15) is 0 Å². The minimum Gasteiger partial charge on any atom is -0.481 e. The van der Waals surface area contributed by atoms with Crippen molar-refractivity contribution in [1.29, 1.82) is 0 Å². The van der Waals surface area contributed by atoms with E-state index in [0.29, 0.717) is 5.75 Å². The van der Waals surface area contributed by atoms with Crippen LogP contribution in [0.15, 0.2) is 11.0 Å². The molecule has 0 amide bonds. The Hall–Kier alpha value is -0.960. The summed E-state index contributed by atoms with van der Waals surface area (Å²) in [6, 6.07) is 2.19. The number of hydrogen-bond acceptors (Lipinski definition) is 2. The molecule has 0 atom stereocenters. The van der Waals surface area contributed by atoms with E-state index in [4.69, 9.17) is 5.11 Å². The highest BCUT2D eigenvalue weighted by Crippen LogP contribution is 2.31. The molecule has 0 unspecified atom stereocenters. The summed E-state index contributed by atoms with van der Waals surface area (Å²) in [6.45, 7) is 8.40. The average Bonchev–Trinajstić information content (AvgIpc) is 2.20. The molecule has 3 heteroatoms. The number of aliphatic carboxylic acids is 1. The standard InChI is InChI=1S/C13H18O2S/c1-8-7-9(2)11(4)13(10(8)3)16-6-5-12(14)15/h7H,5-6H2,1-4H3,(H,14,15). The van der Waals surface area contributed by atoms with Crippen LogP contribution in [-0.4, -0.2) is 16.8 Å². The second-order valence-electron chi connectivity index (χ2n) is 4.08. The molecule has 1 aromatic rings. The van der Waals surface area contributed by atoms with Crippen LogP contribution in [-0.2, 0) is 4.79 Å². The van der Waals surface area contributed by atoms with E-state index in [1.807, 2.05) is 0 Å². The number of aryl methyl sites for hydroxylation is 2. The number of hydrogen-bond donors (Lipinski definition) is 1. The smallest absolute Gasteiger partial charge is 0.304 e. The lowest BCUT2D eigenvalue weighted by Gasteiger charge is -2.14. The lowest BCUT2D eigenvalue weighted by atomic mass is 10.0. The van der Waals surface area contributed by atoms with E-state index >= 15 is 0 Å². The molecule has 1 aromatic carbocycles. The van der Waals surface area contributed by atoms with Gasteiger partial charge in [0.1, 0.15) is 0 Å². The van der Waals surface area contributed by atoms with Gasteiger partial charge in [0, 0.05) is 10.6 Å². The highest BCUT2D eigenvalue weighted by atomic mass is 32.2. The van der Waals surface area contributed by atoms with E-state index in [-0.39, 0.29) is 6.42 Å². The fourth-order valence-corrected chi connectivity index (χ4v) is 2.87. The molecule has 1 rings (SSSR count). The second kappa shape index (κ2) is 5.39. The predicted molar refractivity (Wildman–Crippen MR) is 68.4 cm³/mol. The van der Waals surface area contributed by atoms with Crippen LogP contribution in [0.2, 0.25) is 0 Å². The van der Waals surface area contributed by atoms with Crippen LogP contribution < -0.4 is 0 Å². The monoisotopic (exact) mass is 238 g/mol. The third-order valence-electron chi connectivity index (χ3n) is 2.86. The quantitative estimate of drug-likeness (QED) is 0.816.